The Hall–Kier alpha value is -1.54. The van der Waals surface area contributed by atoms with Crippen molar-refractivity contribution in [1.29, 1.82) is 0 Å². The fraction of sp³-hybridized carbons (Fsp3) is 0.500. The Morgan fingerprint density at radius 3 is 2.73 bits per heavy atom. The van der Waals surface area contributed by atoms with Crippen LogP contribution in [0.1, 0.15) is 12.0 Å². The highest BCUT2D eigenvalue weighted by atomic mass is 32.2. The molecular formula is C14H18F2N2O3S. The van der Waals surface area contributed by atoms with Gasteiger partial charge in [-0.1, -0.05) is 6.07 Å². The minimum atomic E-state index is -3.04. The second kappa shape index (κ2) is 6.70. The molecule has 0 radical (unpaired) electrons. The molecule has 0 aliphatic carbocycles. The molecule has 1 aliphatic heterocycles. The van der Waals surface area contributed by atoms with Gasteiger partial charge >= 0.3 is 0 Å². The van der Waals surface area contributed by atoms with E-state index in [9.17, 15) is 22.0 Å². The molecule has 1 aromatic rings. The number of nitrogens with one attached hydrogen (secondary N) is 1. The number of hydrogen-bond donors (Lipinski definition) is 1. The van der Waals surface area contributed by atoms with Crippen LogP contribution >= 0.6 is 0 Å². The van der Waals surface area contributed by atoms with Gasteiger partial charge in [-0.2, -0.15) is 0 Å². The van der Waals surface area contributed by atoms with Gasteiger partial charge in [0.05, 0.1) is 18.1 Å². The summed E-state index contributed by atoms with van der Waals surface area (Å²) in [6.45, 7) is 0.163. The zero-order chi connectivity index (χ0) is 16.3. The van der Waals surface area contributed by atoms with Crippen molar-refractivity contribution in [3.63, 3.8) is 0 Å². The Labute approximate surface area is 128 Å². The molecule has 22 heavy (non-hydrogen) atoms. The SMILES string of the molecule is CN(CC(=O)N[C@H]1CCS(=O)(=O)C1)Cc1ccc(F)cc1F. The molecule has 1 aliphatic rings. The number of nitrogens with zero attached hydrogens (tertiary/aromatic N) is 1. The number of carbonyl (C=O) groups is 1. The quantitative estimate of drug-likeness (QED) is 0.862. The predicted octanol–water partition coefficient (Wildman–Crippen LogP) is 0.700. The fourth-order valence-corrected chi connectivity index (χ4v) is 4.10. The van der Waals surface area contributed by atoms with E-state index < -0.39 is 21.5 Å². The Balaban J connectivity index is 1.84. The van der Waals surface area contributed by atoms with E-state index in [1.54, 1.807) is 11.9 Å². The van der Waals surface area contributed by atoms with Crippen LogP contribution in [0, 0.1) is 11.6 Å². The van der Waals surface area contributed by atoms with Gasteiger partial charge in [0.15, 0.2) is 9.84 Å². The largest absolute Gasteiger partial charge is 0.351 e. The first-order chi connectivity index (χ1) is 10.2. The Bertz CT molecular complexity index is 664. The summed E-state index contributed by atoms with van der Waals surface area (Å²) in [5.41, 5.74) is 0.292. The van der Waals surface area contributed by atoms with E-state index in [0.717, 1.165) is 12.1 Å². The second-order valence-electron chi connectivity index (χ2n) is 5.58. The van der Waals surface area contributed by atoms with Gasteiger partial charge in [0.1, 0.15) is 11.6 Å². The zero-order valence-corrected chi connectivity index (χ0v) is 13.0. The van der Waals surface area contributed by atoms with Crippen LogP contribution in [0.25, 0.3) is 0 Å². The zero-order valence-electron chi connectivity index (χ0n) is 12.2. The van der Waals surface area contributed by atoms with Gasteiger partial charge < -0.3 is 5.32 Å². The number of sulfone groups is 1. The first kappa shape index (κ1) is 16.8. The number of benzene rings is 1. The van der Waals surface area contributed by atoms with Crippen LogP contribution < -0.4 is 5.32 Å². The smallest absolute Gasteiger partial charge is 0.234 e. The summed E-state index contributed by atoms with van der Waals surface area (Å²) in [5.74, 6) is -1.56. The van der Waals surface area contributed by atoms with Crippen LogP contribution in [0.5, 0.6) is 0 Å². The van der Waals surface area contributed by atoms with Crippen molar-refractivity contribution in [2.24, 2.45) is 0 Å². The van der Waals surface area contributed by atoms with Gasteiger partial charge in [0, 0.05) is 24.2 Å². The Morgan fingerprint density at radius 2 is 2.14 bits per heavy atom. The lowest BCUT2D eigenvalue weighted by Crippen LogP contribution is -2.41. The first-order valence-corrected chi connectivity index (χ1v) is 8.69. The lowest BCUT2D eigenvalue weighted by Gasteiger charge is -2.18. The van der Waals surface area contributed by atoms with Crippen LogP contribution in [0.15, 0.2) is 18.2 Å². The van der Waals surface area contributed by atoms with Crippen LogP contribution in [0.3, 0.4) is 0 Å². The molecule has 122 valence electrons. The van der Waals surface area contributed by atoms with E-state index in [2.05, 4.69) is 5.32 Å². The molecule has 0 saturated carbocycles. The lowest BCUT2D eigenvalue weighted by atomic mass is 10.2. The van der Waals surface area contributed by atoms with Crippen molar-refractivity contribution in [2.45, 2.75) is 19.0 Å². The molecule has 0 bridgehead atoms. The number of carbonyl (C=O) groups excluding carboxylic acids is 1. The molecule has 0 aromatic heterocycles. The number of hydrogen-bond acceptors (Lipinski definition) is 4. The summed E-state index contributed by atoms with van der Waals surface area (Å²) in [7, 11) is -1.41. The molecule has 1 N–H and O–H groups in total. The summed E-state index contributed by atoms with van der Waals surface area (Å²) in [6.07, 6.45) is 0.421. The maximum Gasteiger partial charge on any atom is 0.234 e. The van der Waals surface area contributed by atoms with Gasteiger partial charge in [-0.05, 0) is 19.5 Å². The molecule has 5 nitrogen and oxygen atoms in total. The molecule has 0 unspecified atom stereocenters. The molecule has 1 fully saturated rings. The third-order valence-corrected chi connectivity index (χ3v) is 5.23. The second-order valence-corrected chi connectivity index (χ2v) is 7.80. The van der Waals surface area contributed by atoms with E-state index in [0.29, 0.717) is 12.0 Å². The average molecular weight is 332 g/mol. The Kier molecular flexibility index (Phi) is 5.12. The highest BCUT2D eigenvalue weighted by molar-refractivity contribution is 7.91. The minimum Gasteiger partial charge on any atom is -0.351 e. The summed E-state index contributed by atoms with van der Waals surface area (Å²) >= 11 is 0. The van der Waals surface area contributed by atoms with Gasteiger partial charge in [-0.15, -0.1) is 0 Å². The van der Waals surface area contributed by atoms with E-state index in [-0.39, 0.29) is 36.5 Å². The van der Waals surface area contributed by atoms with E-state index in [4.69, 9.17) is 0 Å². The topological polar surface area (TPSA) is 66.5 Å². The van der Waals surface area contributed by atoms with Gasteiger partial charge in [-0.3, -0.25) is 9.69 Å². The summed E-state index contributed by atoms with van der Waals surface area (Å²) < 4.78 is 49.0. The minimum absolute atomic E-state index is 0.00731. The normalized spacial score (nSPS) is 20.3. The molecule has 8 heteroatoms. The first-order valence-electron chi connectivity index (χ1n) is 6.87. The highest BCUT2D eigenvalue weighted by Gasteiger charge is 2.28. The van der Waals surface area contributed by atoms with Gasteiger partial charge in [0.25, 0.3) is 0 Å². The molecule has 1 aromatic carbocycles. The lowest BCUT2D eigenvalue weighted by molar-refractivity contribution is -0.122. The van der Waals surface area contributed by atoms with Crippen LogP contribution in [-0.2, 0) is 21.2 Å². The summed E-state index contributed by atoms with van der Waals surface area (Å²) in [6, 6.07) is 2.94. The monoisotopic (exact) mass is 332 g/mol. The molecule has 2 rings (SSSR count). The summed E-state index contributed by atoms with van der Waals surface area (Å²) in [4.78, 5) is 13.4. The van der Waals surface area contributed by atoms with Crippen molar-refractivity contribution in [2.75, 3.05) is 25.1 Å². The van der Waals surface area contributed by atoms with E-state index in [1.165, 1.54) is 6.07 Å². The third kappa shape index (κ3) is 4.74. The standard InChI is InChI=1S/C14H18F2N2O3S/c1-18(7-10-2-3-11(15)6-13(10)16)8-14(19)17-12-4-5-22(20,21)9-12/h2-3,6,12H,4-5,7-9H2,1H3,(H,17,19)/t12-/m0/s1. The van der Waals surface area contributed by atoms with Crippen molar-refractivity contribution >= 4 is 15.7 Å². The molecule has 1 saturated heterocycles. The maximum absolute atomic E-state index is 13.5. The van der Waals surface area contributed by atoms with Crippen LogP contribution in [0.2, 0.25) is 0 Å². The van der Waals surface area contributed by atoms with E-state index in [1.807, 2.05) is 0 Å². The van der Waals surface area contributed by atoms with Crippen molar-refractivity contribution < 1.29 is 22.0 Å². The molecule has 1 amide bonds. The van der Waals surface area contributed by atoms with Crippen LogP contribution in [0.4, 0.5) is 8.78 Å². The molecular weight excluding hydrogens is 314 g/mol. The van der Waals surface area contributed by atoms with Gasteiger partial charge in [-0.25, -0.2) is 17.2 Å². The van der Waals surface area contributed by atoms with Crippen molar-refractivity contribution in [3.05, 3.63) is 35.4 Å². The summed E-state index contributed by atoms with van der Waals surface area (Å²) in [5, 5.41) is 2.66. The molecule has 1 heterocycles. The highest BCUT2D eigenvalue weighted by Crippen LogP contribution is 2.12. The number of likely N-dealkylation sites (N-methyl/N-ethyl adjacent to an activating group) is 1. The van der Waals surface area contributed by atoms with Gasteiger partial charge in [0.2, 0.25) is 5.91 Å². The number of amides is 1. The fourth-order valence-electron chi connectivity index (χ4n) is 2.42. The third-order valence-electron chi connectivity index (χ3n) is 3.47. The number of rotatable bonds is 5. The van der Waals surface area contributed by atoms with Crippen molar-refractivity contribution in [1.82, 2.24) is 10.2 Å². The molecule has 0 spiro atoms. The van der Waals surface area contributed by atoms with E-state index >= 15 is 0 Å². The number of halogens is 2. The maximum atomic E-state index is 13.5. The predicted molar refractivity (Wildman–Crippen MR) is 77.9 cm³/mol. The van der Waals surface area contributed by atoms with Crippen molar-refractivity contribution in [3.8, 4) is 0 Å². The Morgan fingerprint density at radius 1 is 1.41 bits per heavy atom. The van der Waals surface area contributed by atoms with Crippen LogP contribution in [-0.4, -0.2) is 50.4 Å². The molecule has 1 atom stereocenters. The average Bonchev–Trinajstić information content (AvgIpc) is 2.71.